The van der Waals surface area contributed by atoms with Crippen molar-refractivity contribution in [1.29, 1.82) is 0 Å². The number of aromatic nitrogens is 2. The van der Waals surface area contributed by atoms with E-state index in [9.17, 15) is 0 Å². The Morgan fingerprint density at radius 3 is 2.72 bits per heavy atom. The van der Waals surface area contributed by atoms with Crippen molar-refractivity contribution in [1.82, 2.24) is 14.9 Å². The van der Waals surface area contributed by atoms with Crippen molar-refractivity contribution in [2.45, 2.75) is 0 Å². The molecule has 0 saturated carbocycles. The molecule has 18 heavy (non-hydrogen) atoms. The number of rotatable bonds is 1. The molecule has 1 aliphatic rings. The molecule has 0 spiro atoms. The zero-order valence-corrected chi connectivity index (χ0v) is 10.0. The van der Waals surface area contributed by atoms with E-state index < -0.39 is 0 Å². The lowest BCUT2D eigenvalue weighted by atomic mass is 10.2. The lowest BCUT2D eigenvalue weighted by Gasteiger charge is -2.12. The molecule has 1 N–H and O–H groups in total. The van der Waals surface area contributed by atoms with Gasteiger partial charge in [0, 0.05) is 31.5 Å². The van der Waals surface area contributed by atoms with Gasteiger partial charge in [-0.15, -0.1) is 0 Å². The van der Waals surface area contributed by atoms with Crippen molar-refractivity contribution < 1.29 is 9.47 Å². The van der Waals surface area contributed by atoms with Crippen LogP contribution in [-0.2, 0) is 0 Å². The Morgan fingerprint density at radius 2 is 1.94 bits per heavy atom. The smallest absolute Gasteiger partial charge is 0.163 e. The van der Waals surface area contributed by atoms with Crippen LogP contribution in [0.4, 0.5) is 0 Å². The summed E-state index contributed by atoms with van der Waals surface area (Å²) in [6.07, 6.45) is 5.42. The van der Waals surface area contributed by atoms with Gasteiger partial charge in [0.25, 0.3) is 0 Å². The first-order valence-electron chi connectivity index (χ1n) is 6.02. The molecule has 3 rings (SSSR count). The van der Waals surface area contributed by atoms with Crippen LogP contribution >= 0.6 is 0 Å². The Balaban J connectivity index is 1.92. The first kappa shape index (κ1) is 11.1. The third-order valence-corrected chi connectivity index (χ3v) is 2.80. The molecule has 5 nitrogen and oxygen atoms in total. The molecule has 0 fully saturated rings. The van der Waals surface area contributed by atoms with Crippen LogP contribution in [0.15, 0.2) is 36.9 Å². The highest BCUT2D eigenvalue weighted by atomic mass is 16.5. The first-order chi connectivity index (χ1) is 8.93. The van der Waals surface area contributed by atoms with Gasteiger partial charge in [0.1, 0.15) is 13.2 Å². The zero-order valence-electron chi connectivity index (χ0n) is 10.0. The van der Waals surface area contributed by atoms with Crippen LogP contribution in [0.5, 0.6) is 11.5 Å². The predicted octanol–water partition coefficient (Wildman–Crippen LogP) is 1.23. The van der Waals surface area contributed by atoms with Crippen molar-refractivity contribution in [2.24, 2.45) is 0 Å². The fourth-order valence-electron chi connectivity index (χ4n) is 1.89. The molecular formula is C13H15N3O2. The molecule has 94 valence electrons. The average molecular weight is 245 g/mol. The van der Waals surface area contributed by atoms with Crippen LogP contribution < -0.4 is 14.8 Å². The van der Waals surface area contributed by atoms with Crippen LogP contribution in [-0.4, -0.2) is 35.9 Å². The Bertz CT molecular complexity index is 511. The Labute approximate surface area is 105 Å². The zero-order chi connectivity index (χ0) is 12.2. The molecule has 1 aromatic heterocycles. The van der Waals surface area contributed by atoms with E-state index in [1.807, 2.05) is 29.0 Å². The molecule has 0 aliphatic carbocycles. The number of hydrogen-bond acceptors (Lipinski definition) is 4. The lowest BCUT2D eigenvalue weighted by molar-refractivity contribution is 0.295. The monoisotopic (exact) mass is 245 g/mol. The molecule has 0 atom stereocenters. The Morgan fingerprint density at radius 1 is 1.11 bits per heavy atom. The highest BCUT2D eigenvalue weighted by Gasteiger charge is 2.09. The lowest BCUT2D eigenvalue weighted by Crippen LogP contribution is -2.24. The van der Waals surface area contributed by atoms with Gasteiger partial charge in [-0.25, -0.2) is 4.98 Å². The molecule has 1 aliphatic heterocycles. The minimum Gasteiger partial charge on any atom is -0.488 e. The van der Waals surface area contributed by atoms with Gasteiger partial charge in [-0.3, -0.25) is 0 Å². The van der Waals surface area contributed by atoms with Gasteiger partial charge in [0.2, 0.25) is 0 Å². The van der Waals surface area contributed by atoms with Gasteiger partial charge >= 0.3 is 0 Å². The maximum atomic E-state index is 5.73. The van der Waals surface area contributed by atoms with Crippen LogP contribution in [0.25, 0.3) is 5.69 Å². The average Bonchev–Trinajstić information content (AvgIpc) is 2.95. The maximum absolute atomic E-state index is 5.73. The second-order valence-corrected chi connectivity index (χ2v) is 4.05. The summed E-state index contributed by atoms with van der Waals surface area (Å²) in [5.74, 6) is 1.58. The van der Waals surface area contributed by atoms with Crippen molar-refractivity contribution >= 4 is 0 Å². The summed E-state index contributed by atoms with van der Waals surface area (Å²) >= 11 is 0. The molecule has 0 unspecified atom stereocenters. The predicted molar refractivity (Wildman–Crippen MR) is 67.4 cm³/mol. The first-order valence-corrected chi connectivity index (χ1v) is 6.02. The van der Waals surface area contributed by atoms with E-state index in [0.717, 1.165) is 30.3 Å². The van der Waals surface area contributed by atoms with Gasteiger partial charge in [-0.1, -0.05) is 0 Å². The van der Waals surface area contributed by atoms with Crippen molar-refractivity contribution in [2.75, 3.05) is 26.3 Å². The van der Waals surface area contributed by atoms with E-state index in [1.165, 1.54) is 0 Å². The molecule has 5 heteroatoms. The summed E-state index contributed by atoms with van der Waals surface area (Å²) < 4.78 is 13.3. The number of benzene rings is 1. The number of nitrogens with one attached hydrogen (secondary N) is 1. The third kappa shape index (κ3) is 2.31. The van der Waals surface area contributed by atoms with E-state index in [0.29, 0.717) is 13.2 Å². The standard InChI is InChI=1S/C13H15N3O2/c1-2-12-13(18-8-5-14-4-7-17-12)9-11(1)16-6-3-15-10-16/h1-3,6,9-10,14H,4-5,7-8H2. The van der Waals surface area contributed by atoms with Crippen LogP contribution in [0.2, 0.25) is 0 Å². The highest BCUT2D eigenvalue weighted by Crippen LogP contribution is 2.30. The third-order valence-electron chi connectivity index (χ3n) is 2.80. The minimum atomic E-state index is 0.643. The SMILES string of the molecule is c1cn(-c2ccc3c(c2)OCCNCCO3)cn1. The number of fused-ring (bicyclic) bond motifs is 1. The van der Waals surface area contributed by atoms with E-state index in [4.69, 9.17) is 9.47 Å². The van der Waals surface area contributed by atoms with E-state index in [2.05, 4.69) is 10.3 Å². The molecule has 2 aromatic rings. The summed E-state index contributed by atoms with van der Waals surface area (Å²) in [7, 11) is 0. The van der Waals surface area contributed by atoms with Crippen molar-refractivity contribution in [3.63, 3.8) is 0 Å². The van der Waals surface area contributed by atoms with Gasteiger partial charge < -0.3 is 19.4 Å². The van der Waals surface area contributed by atoms with E-state index >= 15 is 0 Å². The molecule has 2 heterocycles. The highest BCUT2D eigenvalue weighted by molar-refractivity contribution is 5.48. The summed E-state index contributed by atoms with van der Waals surface area (Å²) in [4.78, 5) is 4.04. The molecule has 0 radical (unpaired) electrons. The summed E-state index contributed by atoms with van der Waals surface area (Å²) in [6, 6.07) is 5.91. The Hall–Kier alpha value is -2.01. The molecule has 0 amide bonds. The van der Waals surface area contributed by atoms with E-state index in [1.54, 1.807) is 12.5 Å². The number of ether oxygens (including phenoxy) is 2. The summed E-state index contributed by atoms with van der Waals surface area (Å²) in [5, 5.41) is 3.24. The van der Waals surface area contributed by atoms with E-state index in [-0.39, 0.29) is 0 Å². The van der Waals surface area contributed by atoms with Crippen molar-refractivity contribution in [3.05, 3.63) is 36.9 Å². The van der Waals surface area contributed by atoms with Crippen LogP contribution in [0.3, 0.4) is 0 Å². The summed E-state index contributed by atoms with van der Waals surface area (Å²) in [5.41, 5.74) is 1.02. The van der Waals surface area contributed by atoms with Gasteiger partial charge in [0.05, 0.1) is 12.0 Å². The van der Waals surface area contributed by atoms with Gasteiger partial charge in [0.15, 0.2) is 11.5 Å². The normalized spacial score (nSPS) is 15.6. The fraction of sp³-hybridized carbons (Fsp3) is 0.308. The molecule has 0 saturated heterocycles. The fourth-order valence-corrected chi connectivity index (χ4v) is 1.89. The molecule has 0 bridgehead atoms. The molecular weight excluding hydrogens is 230 g/mol. The Kier molecular flexibility index (Phi) is 3.14. The second kappa shape index (κ2) is 5.10. The molecule has 1 aromatic carbocycles. The van der Waals surface area contributed by atoms with Gasteiger partial charge in [-0.05, 0) is 12.1 Å². The topological polar surface area (TPSA) is 48.3 Å². The number of imidazole rings is 1. The number of nitrogens with zero attached hydrogens (tertiary/aromatic N) is 2. The number of hydrogen-bond donors (Lipinski definition) is 1. The largest absolute Gasteiger partial charge is 0.488 e. The summed E-state index contributed by atoms with van der Waals surface area (Å²) in [6.45, 7) is 2.97. The maximum Gasteiger partial charge on any atom is 0.163 e. The van der Waals surface area contributed by atoms with Crippen molar-refractivity contribution in [3.8, 4) is 17.2 Å². The van der Waals surface area contributed by atoms with Gasteiger partial charge in [-0.2, -0.15) is 0 Å². The van der Waals surface area contributed by atoms with Crippen LogP contribution in [0.1, 0.15) is 0 Å². The van der Waals surface area contributed by atoms with Crippen LogP contribution in [0, 0.1) is 0 Å². The second-order valence-electron chi connectivity index (χ2n) is 4.05. The minimum absolute atomic E-state index is 0.643. The quantitative estimate of drug-likeness (QED) is 0.821.